The molecule has 178 valence electrons. The molecule has 4 aromatic rings. The number of hydrogen-bond donors (Lipinski definition) is 0. The summed E-state index contributed by atoms with van der Waals surface area (Å²) >= 11 is 14.0. The lowest BCUT2D eigenvalue weighted by Crippen LogP contribution is -2.35. The van der Waals surface area contributed by atoms with Crippen LogP contribution in [0.1, 0.15) is 36.3 Å². The first kappa shape index (κ1) is 23.8. The number of ketones is 1. The molecule has 0 atom stereocenters. The number of rotatable bonds is 4. The number of benzene rings is 2. The van der Waals surface area contributed by atoms with Gasteiger partial charge in [0.1, 0.15) is 10.8 Å². The Balaban J connectivity index is 1.75. The summed E-state index contributed by atoms with van der Waals surface area (Å²) in [6, 6.07) is 14.2. The van der Waals surface area contributed by atoms with E-state index in [4.69, 9.17) is 32.9 Å². The molecule has 0 N–H and O–H groups in total. The van der Waals surface area contributed by atoms with Gasteiger partial charge in [-0.05, 0) is 42.2 Å². The summed E-state index contributed by atoms with van der Waals surface area (Å²) in [4.78, 5) is 32.0. The molecule has 0 fully saturated rings. The topological polar surface area (TPSA) is 61.2 Å². The SMILES string of the molecule is COc1ccc(Cl)c(-n2c3c(cc(-c4nc(-c5ccc(Cl)cc5)cs4)c2=O)C(=O)CC(C)(C)C3)c1. The highest BCUT2D eigenvalue weighted by molar-refractivity contribution is 7.13. The molecule has 5 rings (SSSR count). The maximum Gasteiger partial charge on any atom is 0.265 e. The molecule has 2 aromatic carbocycles. The number of Topliss-reactive ketones (excluding diaryl/α,β-unsaturated/α-hetero) is 1. The van der Waals surface area contributed by atoms with E-state index < -0.39 is 0 Å². The van der Waals surface area contributed by atoms with Gasteiger partial charge in [0.25, 0.3) is 5.56 Å². The fraction of sp³-hybridized carbons (Fsp3) is 0.222. The Morgan fingerprint density at radius 1 is 1.00 bits per heavy atom. The Hall–Kier alpha value is -2.93. The zero-order valence-corrected chi connectivity index (χ0v) is 21.7. The van der Waals surface area contributed by atoms with Crippen molar-refractivity contribution in [3.63, 3.8) is 0 Å². The van der Waals surface area contributed by atoms with Crippen LogP contribution in [0.4, 0.5) is 0 Å². The molecular weight excluding hydrogens is 503 g/mol. The van der Waals surface area contributed by atoms with Crippen LogP contribution in [0.2, 0.25) is 10.0 Å². The average molecular weight is 525 g/mol. The molecule has 0 bridgehead atoms. The van der Waals surface area contributed by atoms with Gasteiger partial charge in [0.15, 0.2) is 5.78 Å². The van der Waals surface area contributed by atoms with Crippen molar-refractivity contribution in [2.75, 3.05) is 7.11 Å². The molecule has 35 heavy (non-hydrogen) atoms. The third kappa shape index (κ3) is 4.42. The summed E-state index contributed by atoms with van der Waals surface area (Å²) in [6.45, 7) is 4.06. The van der Waals surface area contributed by atoms with Crippen LogP contribution in [0, 0.1) is 5.41 Å². The molecule has 2 aromatic heterocycles. The zero-order valence-electron chi connectivity index (χ0n) is 19.4. The van der Waals surface area contributed by atoms with Gasteiger partial charge in [-0.15, -0.1) is 11.3 Å². The Labute approximate surface area is 216 Å². The molecule has 8 heteroatoms. The van der Waals surface area contributed by atoms with Crippen molar-refractivity contribution in [3.8, 4) is 33.3 Å². The van der Waals surface area contributed by atoms with Gasteiger partial charge in [-0.1, -0.05) is 49.2 Å². The fourth-order valence-corrected chi connectivity index (χ4v) is 5.63. The summed E-state index contributed by atoms with van der Waals surface area (Å²) in [7, 11) is 1.56. The largest absolute Gasteiger partial charge is 0.497 e. The highest BCUT2D eigenvalue weighted by atomic mass is 35.5. The zero-order chi connectivity index (χ0) is 24.9. The average Bonchev–Trinajstić information content (AvgIpc) is 3.29. The number of nitrogens with zero attached hydrogens (tertiary/aromatic N) is 2. The monoisotopic (exact) mass is 524 g/mol. The molecule has 1 aliphatic carbocycles. The Kier molecular flexibility index (Phi) is 6.08. The van der Waals surface area contributed by atoms with Crippen LogP contribution in [0.3, 0.4) is 0 Å². The van der Waals surface area contributed by atoms with Gasteiger partial charge in [-0.2, -0.15) is 0 Å². The molecule has 0 saturated heterocycles. The molecule has 1 aliphatic rings. The molecule has 0 saturated carbocycles. The number of thiazole rings is 1. The molecule has 0 unspecified atom stereocenters. The number of pyridine rings is 1. The van der Waals surface area contributed by atoms with Crippen molar-refractivity contribution < 1.29 is 9.53 Å². The van der Waals surface area contributed by atoms with Gasteiger partial charge in [0.05, 0.1) is 29.1 Å². The molecule has 5 nitrogen and oxygen atoms in total. The van der Waals surface area contributed by atoms with Gasteiger partial charge in [0, 0.05) is 39.7 Å². The number of halogens is 2. The number of ether oxygens (including phenoxy) is 1. The summed E-state index contributed by atoms with van der Waals surface area (Å²) < 4.78 is 6.96. The summed E-state index contributed by atoms with van der Waals surface area (Å²) in [5, 5.41) is 3.46. The summed E-state index contributed by atoms with van der Waals surface area (Å²) in [5.41, 5.74) is 3.09. The van der Waals surface area contributed by atoms with Crippen molar-refractivity contribution in [1.82, 2.24) is 9.55 Å². The van der Waals surface area contributed by atoms with Crippen LogP contribution in [-0.4, -0.2) is 22.4 Å². The standard InChI is InChI=1S/C27H22Cl2N2O3S/c1-27(2)12-23-18(24(32)13-27)11-19(25-30-21(14-35-25)15-4-6-16(28)7-5-15)26(33)31(23)22-10-17(34-3)8-9-20(22)29/h4-11,14H,12-13H2,1-3H3. The van der Waals surface area contributed by atoms with Crippen molar-refractivity contribution >= 4 is 40.3 Å². The third-order valence-corrected chi connectivity index (χ3v) is 7.60. The lowest BCUT2D eigenvalue weighted by atomic mass is 9.75. The van der Waals surface area contributed by atoms with Gasteiger partial charge in [-0.25, -0.2) is 4.98 Å². The number of carbonyl (C=O) groups excluding carboxylic acids is 1. The van der Waals surface area contributed by atoms with Crippen LogP contribution < -0.4 is 10.3 Å². The Morgan fingerprint density at radius 3 is 2.46 bits per heavy atom. The van der Waals surface area contributed by atoms with E-state index in [1.807, 2.05) is 31.4 Å². The van der Waals surface area contributed by atoms with E-state index in [-0.39, 0.29) is 16.8 Å². The van der Waals surface area contributed by atoms with E-state index >= 15 is 0 Å². The van der Waals surface area contributed by atoms with E-state index in [2.05, 4.69) is 0 Å². The smallest absolute Gasteiger partial charge is 0.265 e. The molecule has 0 spiro atoms. The molecule has 0 amide bonds. The number of aromatic nitrogens is 2. The van der Waals surface area contributed by atoms with Crippen LogP contribution >= 0.6 is 34.5 Å². The maximum atomic E-state index is 14.0. The van der Waals surface area contributed by atoms with Crippen molar-refractivity contribution in [1.29, 1.82) is 0 Å². The number of fused-ring (bicyclic) bond motifs is 1. The lowest BCUT2D eigenvalue weighted by molar-refractivity contribution is 0.0909. The second kappa shape index (κ2) is 8.94. The van der Waals surface area contributed by atoms with Gasteiger partial charge < -0.3 is 4.74 Å². The Bertz CT molecular complexity index is 1520. The van der Waals surface area contributed by atoms with Crippen LogP contribution in [-0.2, 0) is 6.42 Å². The first-order valence-electron chi connectivity index (χ1n) is 11.0. The van der Waals surface area contributed by atoms with E-state index in [0.717, 1.165) is 11.3 Å². The van der Waals surface area contributed by atoms with Crippen LogP contribution in [0.15, 0.2) is 58.7 Å². The van der Waals surface area contributed by atoms with Gasteiger partial charge in [0.2, 0.25) is 0 Å². The quantitative estimate of drug-likeness (QED) is 0.285. The minimum Gasteiger partial charge on any atom is -0.497 e. The van der Waals surface area contributed by atoms with Crippen molar-refractivity contribution in [3.05, 3.63) is 85.6 Å². The van der Waals surface area contributed by atoms with Gasteiger partial charge in [-0.3, -0.25) is 14.2 Å². The van der Waals surface area contributed by atoms with E-state index in [1.54, 1.807) is 48.1 Å². The predicted molar refractivity (Wildman–Crippen MR) is 142 cm³/mol. The second-order valence-corrected chi connectivity index (χ2v) is 11.1. The first-order valence-corrected chi connectivity index (χ1v) is 12.7. The maximum absolute atomic E-state index is 14.0. The number of hydrogen-bond acceptors (Lipinski definition) is 5. The van der Waals surface area contributed by atoms with Crippen LogP contribution in [0.25, 0.3) is 27.5 Å². The van der Waals surface area contributed by atoms with Crippen molar-refractivity contribution in [2.45, 2.75) is 26.7 Å². The normalized spacial score (nSPS) is 14.6. The molecule has 2 heterocycles. The lowest BCUT2D eigenvalue weighted by Gasteiger charge is -2.32. The summed E-state index contributed by atoms with van der Waals surface area (Å²) in [5.74, 6) is 0.566. The van der Waals surface area contributed by atoms with Crippen molar-refractivity contribution in [2.24, 2.45) is 5.41 Å². The number of carbonyl (C=O) groups is 1. The van der Waals surface area contributed by atoms with E-state index in [0.29, 0.717) is 56.2 Å². The predicted octanol–water partition coefficient (Wildman–Crippen LogP) is 7.10. The van der Waals surface area contributed by atoms with E-state index in [1.165, 1.54) is 11.3 Å². The number of methoxy groups -OCH3 is 1. The second-order valence-electron chi connectivity index (χ2n) is 9.36. The van der Waals surface area contributed by atoms with E-state index in [9.17, 15) is 9.59 Å². The summed E-state index contributed by atoms with van der Waals surface area (Å²) in [6.07, 6.45) is 0.961. The highest BCUT2D eigenvalue weighted by Gasteiger charge is 2.35. The Morgan fingerprint density at radius 2 is 1.74 bits per heavy atom. The molecule has 0 aliphatic heterocycles. The van der Waals surface area contributed by atoms with Gasteiger partial charge >= 0.3 is 0 Å². The molecular formula is C27H22Cl2N2O3S. The first-order chi connectivity index (χ1) is 16.7. The molecule has 0 radical (unpaired) electrons. The minimum atomic E-state index is -0.284. The third-order valence-electron chi connectivity index (χ3n) is 6.16. The highest BCUT2D eigenvalue weighted by Crippen LogP contribution is 2.38. The fourth-order valence-electron chi connectivity index (χ4n) is 4.46. The minimum absolute atomic E-state index is 0.000232. The van der Waals surface area contributed by atoms with Crippen LogP contribution in [0.5, 0.6) is 5.75 Å².